The normalized spacial score (nSPS) is 17.9. The third kappa shape index (κ3) is 2.89. The van der Waals surface area contributed by atoms with Gasteiger partial charge in [0.1, 0.15) is 11.6 Å². The first-order chi connectivity index (χ1) is 11.7. The monoisotopic (exact) mass is 325 g/mol. The maximum atomic E-state index is 9.99. The van der Waals surface area contributed by atoms with Crippen LogP contribution in [-0.4, -0.2) is 39.6 Å². The number of para-hydroxylation sites is 1. The van der Waals surface area contributed by atoms with Gasteiger partial charge in [0.05, 0.1) is 5.69 Å². The van der Waals surface area contributed by atoms with E-state index in [2.05, 4.69) is 14.8 Å². The molecule has 0 atom stereocenters. The Bertz CT molecular complexity index is 742. The maximum Gasteiger partial charge on any atom is 0.227 e. The second-order valence-corrected chi connectivity index (χ2v) is 6.62. The topological polar surface area (TPSA) is 78.5 Å². The third-order valence-corrected chi connectivity index (χ3v) is 4.94. The van der Waals surface area contributed by atoms with Crippen molar-refractivity contribution in [2.45, 2.75) is 32.4 Å². The molecule has 1 aromatic carbocycles. The number of benzene rings is 1. The van der Waals surface area contributed by atoms with E-state index in [0.717, 1.165) is 61.9 Å². The lowest BCUT2D eigenvalue weighted by molar-refractivity contribution is 0.238. The van der Waals surface area contributed by atoms with E-state index in [9.17, 15) is 5.11 Å². The number of hydrogen-bond acceptors (Lipinski definition) is 6. The first-order valence-corrected chi connectivity index (χ1v) is 8.60. The van der Waals surface area contributed by atoms with Crippen LogP contribution in [-0.2, 0) is 19.5 Å². The molecule has 0 aliphatic carbocycles. The number of anilines is 2. The molecular weight excluding hydrogens is 302 g/mol. The lowest BCUT2D eigenvalue weighted by atomic mass is 10.0. The Labute approximate surface area is 141 Å². The molecule has 2 aromatic rings. The molecule has 2 aliphatic rings. The highest BCUT2D eigenvalue weighted by Crippen LogP contribution is 2.27. The highest BCUT2D eigenvalue weighted by atomic mass is 16.3. The molecule has 6 nitrogen and oxygen atoms in total. The van der Waals surface area contributed by atoms with Crippen molar-refractivity contribution in [3.8, 4) is 5.75 Å². The summed E-state index contributed by atoms with van der Waals surface area (Å²) in [7, 11) is 0. The molecule has 6 heteroatoms. The average molecular weight is 325 g/mol. The molecule has 2 aliphatic heterocycles. The van der Waals surface area contributed by atoms with Crippen molar-refractivity contribution in [1.82, 2.24) is 14.9 Å². The van der Waals surface area contributed by atoms with Gasteiger partial charge in [-0.15, -0.1) is 0 Å². The van der Waals surface area contributed by atoms with Gasteiger partial charge in [0.2, 0.25) is 5.95 Å². The Balaban J connectivity index is 1.56. The van der Waals surface area contributed by atoms with Crippen molar-refractivity contribution in [3.05, 3.63) is 41.1 Å². The van der Waals surface area contributed by atoms with Crippen molar-refractivity contribution in [2.75, 3.05) is 30.3 Å². The van der Waals surface area contributed by atoms with Crippen LogP contribution < -0.4 is 10.6 Å². The number of nitrogens with two attached hydrogens (primary N) is 1. The molecule has 3 heterocycles. The summed E-state index contributed by atoms with van der Waals surface area (Å²) < 4.78 is 0. The zero-order valence-electron chi connectivity index (χ0n) is 13.8. The third-order valence-electron chi connectivity index (χ3n) is 4.94. The minimum atomic E-state index is 0.350. The van der Waals surface area contributed by atoms with Crippen LogP contribution in [0.1, 0.15) is 29.7 Å². The van der Waals surface area contributed by atoms with Gasteiger partial charge in [-0.05, 0) is 25.3 Å². The van der Waals surface area contributed by atoms with E-state index in [4.69, 9.17) is 10.7 Å². The molecular formula is C18H23N5O. The van der Waals surface area contributed by atoms with Crippen LogP contribution in [0.2, 0.25) is 0 Å². The van der Waals surface area contributed by atoms with E-state index in [1.165, 1.54) is 12.8 Å². The van der Waals surface area contributed by atoms with Gasteiger partial charge in [0, 0.05) is 43.9 Å². The fraction of sp³-hybridized carbons (Fsp3) is 0.444. The number of fused-ring (bicyclic) bond motifs is 1. The largest absolute Gasteiger partial charge is 0.508 e. The predicted octanol–water partition coefficient (Wildman–Crippen LogP) is 1.92. The van der Waals surface area contributed by atoms with Crippen LogP contribution in [0, 0.1) is 0 Å². The summed E-state index contributed by atoms with van der Waals surface area (Å²) in [6, 6.07) is 7.51. The Hall–Kier alpha value is -2.34. The number of nitrogen functional groups attached to an aromatic ring is 1. The fourth-order valence-corrected chi connectivity index (χ4v) is 3.58. The Morgan fingerprint density at radius 2 is 1.88 bits per heavy atom. The van der Waals surface area contributed by atoms with Crippen LogP contribution in [0.15, 0.2) is 24.3 Å². The molecule has 1 saturated heterocycles. The van der Waals surface area contributed by atoms with Crippen molar-refractivity contribution in [1.29, 1.82) is 0 Å². The van der Waals surface area contributed by atoms with E-state index in [-0.39, 0.29) is 0 Å². The van der Waals surface area contributed by atoms with Crippen LogP contribution in [0.4, 0.5) is 11.8 Å². The molecule has 1 aromatic heterocycles. The number of hydrogen-bond donors (Lipinski definition) is 2. The second kappa shape index (κ2) is 6.28. The standard InChI is InChI=1S/C18H23N5O/c19-17-14-7-10-22(11-13-5-1-2-6-16(13)24)12-15(14)20-18(21-17)23-8-3-4-9-23/h1-2,5-6,24H,3-4,7-12H2,(H2,19,20,21). The van der Waals surface area contributed by atoms with Crippen molar-refractivity contribution in [3.63, 3.8) is 0 Å². The first-order valence-electron chi connectivity index (χ1n) is 8.60. The summed E-state index contributed by atoms with van der Waals surface area (Å²) in [5.41, 5.74) is 9.27. The van der Waals surface area contributed by atoms with Crippen LogP contribution in [0.5, 0.6) is 5.75 Å². The van der Waals surface area contributed by atoms with Gasteiger partial charge in [-0.1, -0.05) is 18.2 Å². The smallest absolute Gasteiger partial charge is 0.227 e. The van der Waals surface area contributed by atoms with E-state index in [1.54, 1.807) is 6.07 Å². The van der Waals surface area contributed by atoms with Crippen LogP contribution in [0.25, 0.3) is 0 Å². The molecule has 126 valence electrons. The number of rotatable bonds is 3. The summed E-state index contributed by atoms with van der Waals surface area (Å²) >= 11 is 0. The molecule has 0 saturated carbocycles. The van der Waals surface area contributed by atoms with E-state index in [1.807, 2.05) is 18.2 Å². The van der Waals surface area contributed by atoms with E-state index >= 15 is 0 Å². The van der Waals surface area contributed by atoms with Crippen LogP contribution >= 0.6 is 0 Å². The molecule has 4 rings (SSSR count). The van der Waals surface area contributed by atoms with Gasteiger partial charge in [-0.3, -0.25) is 4.90 Å². The lowest BCUT2D eigenvalue weighted by Crippen LogP contribution is -2.32. The molecule has 24 heavy (non-hydrogen) atoms. The van der Waals surface area contributed by atoms with Crippen molar-refractivity contribution >= 4 is 11.8 Å². The molecule has 1 fully saturated rings. The van der Waals surface area contributed by atoms with Crippen molar-refractivity contribution in [2.24, 2.45) is 0 Å². The second-order valence-electron chi connectivity index (χ2n) is 6.62. The van der Waals surface area contributed by atoms with Crippen molar-refractivity contribution < 1.29 is 5.11 Å². The minimum absolute atomic E-state index is 0.350. The van der Waals surface area contributed by atoms with Gasteiger partial charge in [-0.2, -0.15) is 4.98 Å². The molecule has 0 spiro atoms. The zero-order valence-corrected chi connectivity index (χ0v) is 13.8. The Morgan fingerprint density at radius 1 is 1.08 bits per heavy atom. The van der Waals surface area contributed by atoms with Gasteiger partial charge < -0.3 is 15.7 Å². The summed E-state index contributed by atoms with van der Waals surface area (Å²) in [4.78, 5) is 13.9. The summed E-state index contributed by atoms with van der Waals surface area (Å²) in [5, 5.41) is 9.99. The van der Waals surface area contributed by atoms with Gasteiger partial charge in [0.15, 0.2) is 0 Å². The molecule has 0 bridgehead atoms. The highest BCUT2D eigenvalue weighted by molar-refractivity contribution is 5.49. The number of nitrogens with zero attached hydrogens (tertiary/aromatic N) is 4. The summed E-state index contributed by atoms with van der Waals surface area (Å²) in [6.45, 7) is 4.39. The average Bonchev–Trinajstić information content (AvgIpc) is 3.11. The molecule has 0 radical (unpaired) electrons. The van der Waals surface area contributed by atoms with Crippen LogP contribution in [0.3, 0.4) is 0 Å². The Morgan fingerprint density at radius 3 is 2.67 bits per heavy atom. The zero-order chi connectivity index (χ0) is 16.5. The van der Waals surface area contributed by atoms with E-state index < -0.39 is 0 Å². The Kier molecular flexibility index (Phi) is 3.98. The lowest BCUT2D eigenvalue weighted by Gasteiger charge is -2.29. The fourth-order valence-electron chi connectivity index (χ4n) is 3.58. The summed E-state index contributed by atoms with van der Waals surface area (Å²) in [6.07, 6.45) is 3.24. The maximum absolute atomic E-state index is 9.99. The molecule has 0 amide bonds. The van der Waals surface area contributed by atoms with Gasteiger partial charge in [-0.25, -0.2) is 4.98 Å². The number of aromatic hydroxyl groups is 1. The van der Waals surface area contributed by atoms with Gasteiger partial charge >= 0.3 is 0 Å². The predicted molar refractivity (Wildman–Crippen MR) is 93.8 cm³/mol. The molecule has 0 unspecified atom stereocenters. The number of phenolic OH excluding ortho intramolecular Hbond substituents is 1. The highest BCUT2D eigenvalue weighted by Gasteiger charge is 2.24. The molecule has 3 N–H and O–H groups in total. The number of aromatic nitrogens is 2. The minimum Gasteiger partial charge on any atom is -0.508 e. The number of phenols is 1. The quantitative estimate of drug-likeness (QED) is 0.898. The van der Waals surface area contributed by atoms with Gasteiger partial charge in [0.25, 0.3) is 0 Å². The first kappa shape index (κ1) is 15.2. The summed E-state index contributed by atoms with van der Waals surface area (Å²) in [5.74, 6) is 1.75. The SMILES string of the molecule is Nc1nc(N2CCCC2)nc2c1CCN(Cc1ccccc1O)C2. The van der Waals surface area contributed by atoms with E-state index in [0.29, 0.717) is 11.6 Å².